The number of hydrogen-bond donors (Lipinski definition) is 0. The van der Waals surface area contributed by atoms with Crippen LogP contribution in [0.15, 0.2) is 45.3 Å². The molecule has 9 nitrogen and oxygen atoms in total. The Bertz CT molecular complexity index is 2050. The Balaban J connectivity index is 1.72. The van der Waals surface area contributed by atoms with Crippen molar-refractivity contribution < 1.29 is 19.0 Å². The molecular formula is C33H34N4O5S2. The van der Waals surface area contributed by atoms with Gasteiger partial charge in [-0.2, -0.15) is 5.26 Å². The molecule has 0 radical (unpaired) electrons. The zero-order valence-electron chi connectivity index (χ0n) is 26.0. The van der Waals surface area contributed by atoms with E-state index in [9.17, 15) is 14.9 Å². The maximum Gasteiger partial charge on any atom is 0.338 e. The van der Waals surface area contributed by atoms with Crippen LogP contribution in [0.1, 0.15) is 65.3 Å². The highest BCUT2D eigenvalue weighted by atomic mass is 32.1. The van der Waals surface area contributed by atoms with Crippen molar-refractivity contribution in [1.82, 2.24) is 9.13 Å². The van der Waals surface area contributed by atoms with Gasteiger partial charge in [-0.1, -0.05) is 17.4 Å². The summed E-state index contributed by atoms with van der Waals surface area (Å²) in [7, 11) is 1.56. The number of allylic oxidation sites excluding steroid dienone is 1. The summed E-state index contributed by atoms with van der Waals surface area (Å²) in [4.78, 5) is 33.8. The Hall–Kier alpha value is -4.40. The lowest BCUT2D eigenvalue weighted by atomic mass is 9.95. The number of rotatable bonds is 8. The molecule has 11 heteroatoms. The second-order valence-corrected chi connectivity index (χ2v) is 12.6. The summed E-state index contributed by atoms with van der Waals surface area (Å²) in [6.45, 7) is 13.9. The van der Waals surface area contributed by atoms with E-state index in [4.69, 9.17) is 19.2 Å². The molecule has 0 spiro atoms. The smallest absolute Gasteiger partial charge is 0.338 e. The van der Waals surface area contributed by atoms with E-state index in [-0.39, 0.29) is 12.2 Å². The normalized spacial score (nSPS) is 14.7. The number of fused-ring (bicyclic) bond motifs is 1. The van der Waals surface area contributed by atoms with Gasteiger partial charge in [-0.05, 0) is 89.4 Å². The molecule has 0 fully saturated rings. The minimum Gasteiger partial charge on any atom is -0.493 e. The van der Waals surface area contributed by atoms with Crippen molar-refractivity contribution in [3.63, 3.8) is 0 Å². The maximum absolute atomic E-state index is 14.2. The second kappa shape index (κ2) is 12.3. The summed E-state index contributed by atoms with van der Waals surface area (Å²) in [6.07, 6.45) is 1.86. The zero-order chi connectivity index (χ0) is 31.9. The number of carbonyl (C=O) groups excluding carboxylic acids is 1. The van der Waals surface area contributed by atoms with Gasteiger partial charge in [0.2, 0.25) is 0 Å². The summed E-state index contributed by atoms with van der Waals surface area (Å²) in [5.74, 6) is 0.531. The van der Waals surface area contributed by atoms with E-state index in [2.05, 4.69) is 10.6 Å². The first kappa shape index (κ1) is 31.0. The van der Waals surface area contributed by atoms with Crippen LogP contribution in [0.2, 0.25) is 0 Å². The summed E-state index contributed by atoms with van der Waals surface area (Å²) >= 11 is 2.85. The minimum absolute atomic E-state index is 0.186. The van der Waals surface area contributed by atoms with E-state index in [0.717, 1.165) is 32.4 Å². The molecule has 1 atom stereocenters. The van der Waals surface area contributed by atoms with Crippen molar-refractivity contribution >= 4 is 34.7 Å². The number of aryl methyl sites for hydroxylation is 2. The first-order chi connectivity index (χ1) is 21.1. The summed E-state index contributed by atoms with van der Waals surface area (Å²) < 4.78 is 20.8. The number of benzene rings is 1. The van der Waals surface area contributed by atoms with E-state index >= 15 is 0 Å². The van der Waals surface area contributed by atoms with Gasteiger partial charge in [0.15, 0.2) is 16.3 Å². The van der Waals surface area contributed by atoms with Crippen LogP contribution in [-0.2, 0) is 9.53 Å². The Morgan fingerprint density at radius 3 is 2.50 bits per heavy atom. The van der Waals surface area contributed by atoms with Crippen molar-refractivity contribution in [2.45, 2.75) is 54.5 Å². The third-order valence-corrected chi connectivity index (χ3v) is 9.93. The average Bonchev–Trinajstić information content (AvgIpc) is 3.56. The third kappa shape index (κ3) is 5.18. The highest BCUT2D eigenvalue weighted by molar-refractivity contribution is 7.15. The Morgan fingerprint density at radius 2 is 1.84 bits per heavy atom. The first-order valence-corrected chi connectivity index (χ1v) is 15.9. The predicted molar refractivity (Wildman–Crippen MR) is 172 cm³/mol. The monoisotopic (exact) mass is 630 g/mol. The number of nitriles is 1. The van der Waals surface area contributed by atoms with Crippen LogP contribution in [0, 0.1) is 39.0 Å². The van der Waals surface area contributed by atoms with E-state index in [1.165, 1.54) is 11.3 Å². The lowest BCUT2D eigenvalue weighted by Gasteiger charge is -2.25. The van der Waals surface area contributed by atoms with Crippen LogP contribution in [0.4, 0.5) is 0 Å². The fourth-order valence-electron chi connectivity index (χ4n) is 5.52. The lowest BCUT2D eigenvalue weighted by molar-refractivity contribution is -0.139. The molecule has 0 N–H and O–H groups in total. The summed E-state index contributed by atoms with van der Waals surface area (Å²) in [5, 5.41) is 10.7. The summed E-state index contributed by atoms with van der Waals surface area (Å²) in [6, 6.07) is 9.00. The molecule has 3 aromatic heterocycles. The molecular weight excluding hydrogens is 597 g/mol. The number of ether oxygens (including phenoxy) is 3. The van der Waals surface area contributed by atoms with Gasteiger partial charge in [0.1, 0.15) is 11.1 Å². The first-order valence-electron chi connectivity index (χ1n) is 14.3. The van der Waals surface area contributed by atoms with Crippen LogP contribution in [0.25, 0.3) is 11.1 Å². The molecule has 0 amide bonds. The number of thiazole rings is 1. The van der Waals surface area contributed by atoms with Crippen molar-refractivity contribution in [2.75, 3.05) is 20.3 Å². The van der Waals surface area contributed by atoms with Crippen LogP contribution in [-0.4, -0.2) is 35.4 Å². The number of carbonyl (C=O) groups is 1. The quantitative estimate of drug-likeness (QED) is 0.249. The van der Waals surface area contributed by atoms with Gasteiger partial charge in [-0.15, -0.1) is 11.3 Å². The topological polar surface area (TPSA) is 108 Å². The van der Waals surface area contributed by atoms with E-state index in [1.54, 1.807) is 49.0 Å². The Labute approximate surface area is 263 Å². The van der Waals surface area contributed by atoms with Crippen molar-refractivity contribution in [3.05, 3.63) is 93.7 Å². The SMILES string of the molecule is CCOC(=O)C1=C(C)N=c2s/c(=C/c3cc(C)n(-c4sc(C)c(C)c4C#N)c3C)c(=O)n2[C@@H]1c1ccc(OC)c(OCC)c1. The molecule has 0 aliphatic carbocycles. The molecule has 1 aromatic carbocycles. The molecule has 0 unspecified atom stereocenters. The number of thiophene rings is 1. The van der Waals surface area contributed by atoms with E-state index < -0.39 is 12.0 Å². The molecule has 1 aliphatic rings. The standard InChI is InChI=1S/C33H34N4O5S2/c1-9-41-26-14-22(11-12-25(26)40-8)29-28(32(39)42-10-2)19(5)35-33-37(29)30(38)27(44-33)15-23-13-17(3)36(20(23)6)31-24(16-34)18(4)21(7)43-31/h11-15,29H,9-10H2,1-8H3/b27-15+/t29-/m1/s1. The molecule has 5 rings (SSSR count). The van der Waals surface area contributed by atoms with Crippen LogP contribution in [0.3, 0.4) is 0 Å². The number of nitrogens with zero attached hydrogens (tertiary/aromatic N) is 4. The van der Waals surface area contributed by atoms with Gasteiger partial charge in [-0.3, -0.25) is 9.36 Å². The highest BCUT2D eigenvalue weighted by Crippen LogP contribution is 2.37. The lowest BCUT2D eigenvalue weighted by Crippen LogP contribution is -2.40. The Morgan fingerprint density at radius 1 is 1.09 bits per heavy atom. The molecule has 4 aromatic rings. The molecule has 0 bridgehead atoms. The molecule has 0 saturated heterocycles. The summed E-state index contributed by atoms with van der Waals surface area (Å²) in [5.41, 5.74) is 5.56. The van der Waals surface area contributed by atoms with E-state index in [1.807, 2.05) is 52.8 Å². The van der Waals surface area contributed by atoms with Crippen LogP contribution < -0.4 is 24.4 Å². The average molecular weight is 631 g/mol. The second-order valence-electron chi connectivity index (χ2n) is 10.4. The van der Waals surface area contributed by atoms with E-state index in [0.29, 0.717) is 49.8 Å². The molecule has 4 heterocycles. The zero-order valence-corrected chi connectivity index (χ0v) is 27.7. The molecule has 44 heavy (non-hydrogen) atoms. The van der Waals surface area contributed by atoms with Gasteiger partial charge >= 0.3 is 5.97 Å². The molecule has 1 aliphatic heterocycles. The van der Waals surface area contributed by atoms with Gasteiger partial charge < -0.3 is 18.8 Å². The number of methoxy groups -OCH3 is 1. The van der Waals surface area contributed by atoms with Crippen LogP contribution >= 0.6 is 22.7 Å². The van der Waals surface area contributed by atoms with Gasteiger partial charge in [0.05, 0.1) is 47.7 Å². The van der Waals surface area contributed by atoms with Gasteiger partial charge in [0, 0.05) is 16.3 Å². The minimum atomic E-state index is -0.778. The molecule has 228 valence electrons. The fraction of sp³-hybridized carbons (Fsp3) is 0.333. The van der Waals surface area contributed by atoms with Crippen molar-refractivity contribution in [1.29, 1.82) is 5.26 Å². The highest BCUT2D eigenvalue weighted by Gasteiger charge is 2.34. The Kier molecular flexibility index (Phi) is 8.68. The van der Waals surface area contributed by atoms with Crippen molar-refractivity contribution in [3.8, 4) is 22.6 Å². The number of aromatic nitrogens is 2. The molecule has 0 saturated carbocycles. The number of hydrogen-bond acceptors (Lipinski definition) is 9. The van der Waals surface area contributed by atoms with Gasteiger partial charge in [0.25, 0.3) is 5.56 Å². The maximum atomic E-state index is 14.2. The fourth-order valence-corrected chi connectivity index (χ4v) is 7.78. The van der Waals surface area contributed by atoms with Gasteiger partial charge in [-0.25, -0.2) is 9.79 Å². The van der Waals surface area contributed by atoms with Crippen LogP contribution in [0.5, 0.6) is 11.5 Å². The van der Waals surface area contributed by atoms with Crippen molar-refractivity contribution in [2.24, 2.45) is 4.99 Å². The predicted octanol–water partition coefficient (Wildman–Crippen LogP) is 5.16. The largest absolute Gasteiger partial charge is 0.493 e. The third-order valence-electron chi connectivity index (χ3n) is 7.76. The number of esters is 1.